The van der Waals surface area contributed by atoms with Crippen molar-refractivity contribution in [2.45, 2.75) is 30.6 Å². The molecule has 0 aliphatic carbocycles. The van der Waals surface area contributed by atoms with Gasteiger partial charge in [-0.3, -0.25) is 0 Å². The van der Waals surface area contributed by atoms with Crippen LogP contribution < -0.4 is 5.32 Å². The summed E-state index contributed by atoms with van der Waals surface area (Å²) in [6.45, 7) is -0.439. The Morgan fingerprint density at radius 3 is 2.21 bits per heavy atom. The Kier molecular flexibility index (Phi) is 6.48. The minimum absolute atomic E-state index is 0. The molecule has 0 spiro atoms. The van der Waals surface area contributed by atoms with Crippen molar-refractivity contribution < 1.29 is 25.2 Å². The molecule has 6 nitrogen and oxygen atoms in total. The van der Waals surface area contributed by atoms with Crippen molar-refractivity contribution in [2.24, 2.45) is 0 Å². The molecule has 1 heterocycles. The maximum atomic E-state index is 9.45. The molecule has 0 radical (unpaired) electrons. The first-order valence-corrected chi connectivity index (χ1v) is 4.09. The number of aliphatic hydroxyl groups is 4. The number of likely N-dealkylation sites (N-methyl/N-ethyl adjacent to an activating group) is 1. The molecule has 7 heteroatoms. The van der Waals surface area contributed by atoms with E-state index < -0.39 is 37.3 Å². The summed E-state index contributed by atoms with van der Waals surface area (Å²) in [4.78, 5) is 0. The van der Waals surface area contributed by atoms with Gasteiger partial charge in [0.15, 0.2) is 6.29 Å². The second-order valence-corrected chi connectivity index (χ2v) is 3.04. The quantitative estimate of drug-likeness (QED) is 0.331. The number of hydrogen-bond acceptors (Lipinski definition) is 6. The van der Waals surface area contributed by atoms with Crippen molar-refractivity contribution in [3.8, 4) is 0 Å². The fourth-order valence-electron chi connectivity index (χ4n) is 1.41. The van der Waals surface area contributed by atoms with Gasteiger partial charge in [-0.25, -0.2) is 0 Å². The van der Waals surface area contributed by atoms with E-state index in [1.165, 1.54) is 7.05 Å². The van der Waals surface area contributed by atoms with Gasteiger partial charge >= 0.3 is 24.4 Å². The van der Waals surface area contributed by atoms with E-state index in [4.69, 9.17) is 9.84 Å². The molecule has 5 N–H and O–H groups in total. The van der Waals surface area contributed by atoms with Gasteiger partial charge < -0.3 is 30.5 Å². The number of rotatable bonds is 2. The predicted octanol–water partition coefficient (Wildman–Crippen LogP) is -4.18. The summed E-state index contributed by atoms with van der Waals surface area (Å²) in [6, 6.07) is -0.738. The zero-order chi connectivity index (χ0) is 10.0. The topological polar surface area (TPSA) is 102 Å². The maximum absolute atomic E-state index is 9.45. The molecule has 5 atom stereocenters. The van der Waals surface area contributed by atoms with Crippen molar-refractivity contribution in [1.29, 1.82) is 0 Å². The van der Waals surface area contributed by atoms with E-state index >= 15 is 0 Å². The summed E-state index contributed by atoms with van der Waals surface area (Å²) in [6.07, 6.45) is -4.49. The third-order valence-corrected chi connectivity index (χ3v) is 2.23. The van der Waals surface area contributed by atoms with Gasteiger partial charge in [-0.05, 0) is 7.05 Å². The molecular formula is C7H18NO5Sb. The van der Waals surface area contributed by atoms with Crippen molar-refractivity contribution in [1.82, 2.24) is 5.32 Å². The molecule has 14 heavy (non-hydrogen) atoms. The molecule has 1 aliphatic rings. The zero-order valence-electron chi connectivity index (χ0n) is 8.00. The fraction of sp³-hybridized carbons (Fsp3) is 1.00. The van der Waals surface area contributed by atoms with Gasteiger partial charge in [0.05, 0.1) is 12.6 Å². The molecule has 0 bridgehead atoms. The van der Waals surface area contributed by atoms with Gasteiger partial charge in [0.25, 0.3) is 0 Å². The van der Waals surface area contributed by atoms with E-state index in [1.54, 1.807) is 0 Å². The van der Waals surface area contributed by atoms with Gasteiger partial charge in [0.2, 0.25) is 0 Å². The van der Waals surface area contributed by atoms with E-state index in [0.29, 0.717) is 0 Å². The number of ether oxygens (including phenoxy) is 1. The number of hydrogen-bond donors (Lipinski definition) is 5. The monoisotopic (exact) mass is 317 g/mol. The van der Waals surface area contributed by atoms with Crippen LogP contribution in [-0.2, 0) is 4.74 Å². The Hall–Kier alpha value is 0.578. The van der Waals surface area contributed by atoms with Crippen molar-refractivity contribution >= 4 is 24.4 Å². The van der Waals surface area contributed by atoms with Crippen LogP contribution in [0.1, 0.15) is 0 Å². The molecule has 1 aliphatic heterocycles. The second kappa shape index (κ2) is 6.22. The van der Waals surface area contributed by atoms with Crippen LogP contribution in [-0.4, -0.2) is 89.2 Å². The summed E-state index contributed by atoms with van der Waals surface area (Å²) in [7, 11) is 1.53. The van der Waals surface area contributed by atoms with Gasteiger partial charge in [-0.15, -0.1) is 0 Å². The minimum atomic E-state index is -1.22. The molecule has 1 fully saturated rings. The van der Waals surface area contributed by atoms with Gasteiger partial charge in [0.1, 0.15) is 18.3 Å². The van der Waals surface area contributed by atoms with E-state index in [9.17, 15) is 15.3 Å². The Labute approximate surface area is 99.3 Å². The van der Waals surface area contributed by atoms with Crippen LogP contribution in [0, 0.1) is 0 Å². The van der Waals surface area contributed by atoms with Crippen LogP contribution in [0.3, 0.4) is 0 Å². The van der Waals surface area contributed by atoms with E-state index in [2.05, 4.69) is 5.32 Å². The van der Waals surface area contributed by atoms with Crippen molar-refractivity contribution in [2.75, 3.05) is 13.7 Å². The van der Waals surface area contributed by atoms with Crippen molar-refractivity contribution in [3.05, 3.63) is 0 Å². The Morgan fingerprint density at radius 1 is 1.21 bits per heavy atom. The van der Waals surface area contributed by atoms with E-state index in [0.717, 1.165) is 0 Å². The molecule has 1 saturated heterocycles. The number of aliphatic hydroxyl groups excluding tert-OH is 4. The second-order valence-electron chi connectivity index (χ2n) is 3.04. The molecular weight excluding hydrogens is 300 g/mol. The molecule has 0 aromatic rings. The van der Waals surface area contributed by atoms with Gasteiger partial charge in [-0.1, -0.05) is 0 Å². The van der Waals surface area contributed by atoms with Gasteiger partial charge in [0, 0.05) is 0 Å². The summed E-state index contributed by atoms with van der Waals surface area (Å²) < 4.78 is 4.85. The first-order chi connectivity index (χ1) is 6.11. The summed E-state index contributed by atoms with van der Waals surface area (Å²) in [5.41, 5.74) is 0. The van der Waals surface area contributed by atoms with Crippen LogP contribution in [0.2, 0.25) is 0 Å². The third-order valence-electron chi connectivity index (χ3n) is 2.23. The molecule has 0 saturated carbocycles. The van der Waals surface area contributed by atoms with Crippen molar-refractivity contribution in [3.63, 3.8) is 0 Å². The Bertz CT molecular complexity index is 172. The standard InChI is InChI=1S/C7H15NO5.Sb.3H/c1-8-4-6(11)5(10)3(2-9)13-7(4)12;;;;/h3-12H,2H2,1H3;;;;/t3-,4-,5-,6-,7?;;;;/m1..../s1. The third kappa shape index (κ3) is 2.79. The summed E-state index contributed by atoms with van der Waals surface area (Å²) in [5.74, 6) is 0. The van der Waals surface area contributed by atoms with Crippen LogP contribution in [0.5, 0.6) is 0 Å². The number of nitrogens with one attached hydrogen (secondary N) is 1. The zero-order valence-corrected chi connectivity index (χ0v) is 12.0. The molecule has 1 unspecified atom stereocenters. The predicted molar refractivity (Wildman–Crippen MR) is 52.8 cm³/mol. The Morgan fingerprint density at radius 2 is 1.79 bits per heavy atom. The SMILES string of the molecule is CN[C@H]1C(O)O[C@H](CO)[C@@H](O)[C@@H]1O.[SbH3]. The molecule has 0 aromatic carbocycles. The van der Waals surface area contributed by atoms with Crippen LogP contribution in [0.25, 0.3) is 0 Å². The fourth-order valence-corrected chi connectivity index (χ4v) is 1.41. The summed E-state index contributed by atoms with van der Waals surface area (Å²) in [5, 5.41) is 39.4. The van der Waals surface area contributed by atoms with E-state index in [1.807, 2.05) is 0 Å². The van der Waals surface area contributed by atoms with Gasteiger partial charge in [-0.2, -0.15) is 0 Å². The van der Waals surface area contributed by atoms with Crippen LogP contribution in [0.15, 0.2) is 0 Å². The average Bonchev–Trinajstić information content (AvgIpc) is 2.12. The Balaban J connectivity index is 0.00000169. The average molecular weight is 318 g/mol. The first-order valence-electron chi connectivity index (χ1n) is 4.09. The van der Waals surface area contributed by atoms with E-state index in [-0.39, 0.29) is 24.4 Å². The molecule has 1 rings (SSSR count). The normalized spacial score (nSPS) is 43.1. The molecule has 0 aromatic heterocycles. The molecule has 86 valence electrons. The van der Waals surface area contributed by atoms with Crippen LogP contribution in [0.4, 0.5) is 0 Å². The first kappa shape index (κ1) is 14.6. The summed E-state index contributed by atoms with van der Waals surface area (Å²) >= 11 is 0. The molecule has 0 amide bonds. The van der Waals surface area contributed by atoms with Crippen LogP contribution >= 0.6 is 0 Å².